The summed E-state index contributed by atoms with van der Waals surface area (Å²) in [5.74, 6) is 1.48. The minimum Gasteiger partial charge on any atom is -0.338 e. The van der Waals surface area contributed by atoms with Crippen molar-refractivity contribution in [2.45, 2.75) is 51.1 Å². The maximum atomic E-state index is 5.24. The van der Waals surface area contributed by atoms with E-state index in [0.717, 1.165) is 37.9 Å². The Morgan fingerprint density at radius 2 is 2.17 bits per heavy atom. The first kappa shape index (κ1) is 12.1. The molecule has 0 aromatic carbocycles. The van der Waals surface area contributed by atoms with Crippen molar-refractivity contribution < 1.29 is 4.52 Å². The molecule has 1 aliphatic heterocycles. The van der Waals surface area contributed by atoms with Crippen LogP contribution in [-0.4, -0.2) is 40.2 Å². The maximum absolute atomic E-state index is 5.24. The molecule has 1 aromatic rings. The molecule has 3 rings (SSSR count). The smallest absolute Gasteiger partial charge is 0.240 e. The van der Waals surface area contributed by atoms with Crippen LogP contribution in [0, 0.1) is 6.92 Å². The molecule has 18 heavy (non-hydrogen) atoms. The molecule has 0 amide bonds. The van der Waals surface area contributed by atoms with Crippen LogP contribution in [0.25, 0.3) is 0 Å². The maximum Gasteiger partial charge on any atom is 0.240 e. The van der Waals surface area contributed by atoms with Crippen molar-refractivity contribution >= 4 is 0 Å². The van der Waals surface area contributed by atoms with Crippen LogP contribution in [-0.2, 0) is 6.54 Å². The predicted molar refractivity (Wildman–Crippen MR) is 68.1 cm³/mol. The Bertz CT molecular complexity index is 397. The van der Waals surface area contributed by atoms with Crippen LogP contribution in [0.15, 0.2) is 4.52 Å². The highest BCUT2D eigenvalue weighted by atomic mass is 16.5. The summed E-state index contributed by atoms with van der Waals surface area (Å²) in [6.07, 6.45) is 6.55. The van der Waals surface area contributed by atoms with Crippen LogP contribution in [0.1, 0.15) is 43.8 Å². The van der Waals surface area contributed by atoms with E-state index in [9.17, 15) is 0 Å². The molecule has 1 spiro atoms. The normalized spacial score (nSPS) is 24.5. The van der Waals surface area contributed by atoms with Gasteiger partial charge in [0.15, 0.2) is 5.82 Å². The topological polar surface area (TPSA) is 54.2 Å². The lowest BCUT2D eigenvalue weighted by molar-refractivity contribution is 0.182. The molecule has 1 N–H and O–H groups in total. The van der Waals surface area contributed by atoms with Crippen molar-refractivity contribution in [1.82, 2.24) is 20.4 Å². The van der Waals surface area contributed by atoms with Crippen molar-refractivity contribution in [3.63, 3.8) is 0 Å². The summed E-state index contributed by atoms with van der Waals surface area (Å²) in [5, 5.41) is 7.64. The first-order valence-electron chi connectivity index (χ1n) is 7.02. The van der Waals surface area contributed by atoms with E-state index in [1.165, 1.54) is 32.1 Å². The molecule has 2 heterocycles. The zero-order chi connectivity index (χ0) is 12.4. The Labute approximate surface area is 108 Å². The van der Waals surface area contributed by atoms with Gasteiger partial charge in [0, 0.05) is 12.1 Å². The number of aryl methyl sites for hydroxylation is 1. The van der Waals surface area contributed by atoms with Gasteiger partial charge in [-0.2, -0.15) is 4.98 Å². The van der Waals surface area contributed by atoms with Gasteiger partial charge in [0.25, 0.3) is 0 Å². The minimum absolute atomic E-state index is 0.353. The Hall–Kier alpha value is -0.940. The molecule has 2 fully saturated rings. The van der Waals surface area contributed by atoms with E-state index in [2.05, 4.69) is 20.4 Å². The third-order valence-electron chi connectivity index (χ3n) is 4.17. The second kappa shape index (κ2) is 4.97. The van der Waals surface area contributed by atoms with E-state index in [-0.39, 0.29) is 0 Å². The van der Waals surface area contributed by atoms with Gasteiger partial charge >= 0.3 is 0 Å². The predicted octanol–water partition coefficient (Wildman–Crippen LogP) is 1.49. The van der Waals surface area contributed by atoms with Crippen LogP contribution >= 0.6 is 0 Å². The largest absolute Gasteiger partial charge is 0.338 e. The second-order valence-corrected chi connectivity index (χ2v) is 5.71. The van der Waals surface area contributed by atoms with Crippen molar-refractivity contribution in [3.8, 4) is 0 Å². The average Bonchev–Trinajstić information content (AvgIpc) is 2.89. The lowest BCUT2D eigenvalue weighted by Gasteiger charge is -2.32. The third-order valence-corrected chi connectivity index (χ3v) is 4.17. The number of rotatable bonds is 2. The Balaban J connectivity index is 1.67. The Kier molecular flexibility index (Phi) is 3.35. The Morgan fingerprint density at radius 1 is 1.33 bits per heavy atom. The first-order valence-corrected chi connectivity index (χ1v) is 7.02. The number of aromatic nitrogens is 2. The lowest BCUT2D eigenvalue weighted by atomic mass is 9.97. The third kappa shape index (κ3) is 2.57. The molecule has 0 bridgehead atoms. The first-order chi connectivity index (χ1) is 8.76. The minimum atomic E-state index is 0.353. The molecule has 0 atom stereocenters. The quantitative estimate of drug-likeness (QED) is 0.861. The average molecular weight is 250 g/mol. The highest BCUT2D eigenvalue weighted by Crippen LogP contribution is 2.31. The fourth-order valence-corrected chi connectivity index (χ4v) is 3.34. The number of hydrogen-bond acceptors (Lipinski definition) is 5. The molecule has 5 nitrogen and oxygen atoms in total. The van der Waals surface area contributed by atoms with Gasteiger partial charge in [-0.05, 0) is 39.3 Å². The van der Waals surface area contributed by atoms with Crippen molar-refractivity contribution in [2.24, 2.45) is 0 Å². The van der Waals surface area contributed by atoms with E-state index in [0.29, 0.717) is 5.54 Å². The van der Waals surface area contributed by atoms with E-state index >= 15 is 0 Å². The number of hydrogen-bond donors (Lipinski definition) is 1. The van der Waals surface area contributed by atoms with Crippen molar-refractivity contribution in [2.75, 3.05) is 19.6 Å². The van der Waals surface area contributed by atoms with Crippen LogP contribution in [0.3, 0.4) is 0 Å². The summed E-state index contributed by atoms with van der Waals surface area (Å²) >= 11 is 0. The second-order valence-electron chi connectivity index (χ2n) is 5.71. The van der Waals surface area contributed by atoms with E-state index in [4.69, 9.17) is 4.52 Å². The van der Waals surface area contributed by atoms with Crippen molar-refractivity contribution in [1.29, 1.82) is 0 Å². The van der Waals surface area contributed by atoms with Gasteiger partial charge in [-0.1, -0.05) is 18.0 Å². The van der Waals surface area contributed by atoms with E-state index < -0.39 is 0 Å². The van der Waals surface area contributed by atoms with Crippen LogP contribution in [0.2, 0.25) is 0 Å². The van der Waals surface area contributed by atoms with Gasteiger partial charge < -0.3 is 9.84 Å². The number of nitrogens with one attached hydrogen (secondary N) is 1. The monoisotopic (exact) mass is 250 g/mol. The fraction of sp³-hybridized carbons (Fsp3) is 0.846. The van der Waals surface area contributed by atoms with Gasteiger partial charge in [0.1, 0.15) is 0 Å². The highest BCUT2D eigenvalue weighted by molar-refractivity contribution is 4.97. The summed E-state index contributed by atoms with van der Waals surface area (Å²) < 4.78 is 5.24. The molecule has 100 valence electrons. The van der Waals surface area contributed by atoms with Crippen molar-refractivity contribution in [3.05, 3.63) is 11.7 Å². The molecule has 0 unspecified atom stereocenters. The Morgan fingerprint density at radius 3 is 2.89 bits per heavy atom. The van der Waals surface area contributed by atoms with Crippen LogP contribution < -0.4 is 5.32 Å². The van der Waals surface area contributed by atoms with Crippen LogP contribution in [0.4, 0.5) is 0 Å². The molecule has 1 aromatic heterocycles. The summed E-state index contributed by atoms with van der Waals surface area (Å²) in [6, 6.07) is 0. The molecule has 1 saturated carbocycles. The number of nitrogens with zero attached hydrogens (tertiary/aromatic N) is 3. The SMILES string of the molecule is Cc1noc(CN2CCCNC3(CCCC3)C2)n1. The molecular weight excluding hydrogens is 228 g/mol. The molecule has 1 aliphatic carbocycles. The molecule has 5 heteroatoms. The van der Waals surface area contributed by atoms with Gasteiger partial charge in [-0.25, -0.2) is 0 Å². The summed E-state index contributed by atoms with van der Waals surface area (Å²) in [7, 11) is 0. The molecular formula is C13H22N4O. The standard InChI is InChI=1S/C13H22N4O/c1-11-15-12(18-16-11)9-17-8-4-7-14-13(10-17)5-2-3-6-13/h14H,2-10H2,1H3. The van der Waals surface area contributed by atoms with E-state index in [1.54, 1.807) is 0 Å². The lowest BCUT2D eigenvalue weighted by Crippen LogP contribution is -2.49. The molecule has 1 saturated heterocycles. The zero-order valence-electron chi connectivity index (χ0n) is 11.1. The van der Waals surface area contributed by atoms with Gasteiger partial charge in [0.05, 0.1) is 6.54 Å². The fourth-order valence-electron chi connectivity index (χ4n) is 3.34. The summed E-state index contributed by atoms with van der Waals surface area (Å²) in [6.45, 7) is 6.05. The highest BCUT2D eigenvalue weighted by Gasteiger charge is 2.36. The summed E-state index contributed by atoms with van der Waals surface area (Å²) in [4.78, 5) is 6.78. The van der Waals surface area contributed by atoms with Gasteiger partial charge in [0.2, 0.25) is 5.89 Å². The van der Waals surface area contributed by atoms with Crippen LogP contribution in [0.5, 0.6) is 0 Å². The van der Waals surface area contributed by atoms with Gasteiger partial charge in [-0.15, -0.1) is 0 Å². The molecule has 2 aliphatic rings. The zero-order valence-corrected chi connectivity index (χ0v) is 11.1. The molecule has 0 radical (unpaired) electrons. The van der Waals surface area contributed by atoms with E-state index in [1.807, 2.05) is 6.92 Å². The summed E-state index contributed by atoms with van der Waals surface area (Å²) in [5.41, 5.74) is 0.353. The van der Waals surface area contributed by atoms with Gasteiger partial charge in [-0.3, -0.25) is 4.90 Å².